The number of amides is 3. The molecule has 7 heteroatoms. The molecule has 1 heterocycles. The number of carbonyl (C=O) groups is 2. The van der Waals surface area contributed by atoms with Crippen LogP contribution in [0.5, 0.6) is 0 Å². The van der Waals surface area contributed by atoms with Gasteiger partial charge in [0.1, 0.15) is 12.4 Å². The van der Waals surface area contributed by atoms with Crippen LogP contribution in [0.25, 0.3) is 16.9 Å². The first kappa shape index (κ1) is 22.8. The Morgan fingerprint density at radius 2 is 1.53 bits per heavy atom. The molecule has 0 unspecified atom stereocenters. The SMILES string of the molecule is CCN(CC(=O)Nc1cc(-c2ccccc2)nn1-c1ccccc1)C(=O)Nc1ccccc1C. The van der Waals surface area contributed by atoms with E-state index in [0.29, 0.717) is 12.4 Å². The van der Waals surface area contributed by atoms with E-state index in [1.54, 1.807) is 4.68 Å². The maximum atomic E-state index is 13.0. The van der Waals surface area contributed by atoms with Crippen LogP contribution in [0.1, 0.15) is 12.5 Å². The zero-order valence-electron chi connectivity index (χ0n) is 19.2. The van der Waals surface area contributed by atoms with Crippen LogP contribution in [0.3, 0.4) is 0 Å². The van der Waals surface area contributed by atoms with Crippen LogP contribution < -0.4 is 10.6 Å². The van der Waals surface area contributed by atoms with Gasteiger partial charge in [-0.15, -0.1) is 0 Å². The largest absolute Gasteiger partial charge is 0.322 e. The first-order chi connectivity index (χ1) is 16.5. The van der Waals surface area contributed by atoms with Gasteiger partial charge in [0.25, 0.3) is 0 Å². The third-order valence-electron chi connectivity index (χ3n) is 5.44. The van der Waals surface area contributed by atoms with Gasteiger partial charge in [0.05, 0.1) is 11.4 Å². The summed E-state index contributed by atoms with van der Waals surface area (Å²) in [6.07, 6.45) is 0. The van der Waals surface area contributed by atoms with Crippen molar-refractivity contribution in [1.82, 2.24) is 14.7 Å². The van der Waals surface area contributed by atoms with Crippen molar-refractivity contribution >= 4 is 23.4 Å². The van der Waals surface area contributed by atoms with Gasteiger partial charge in [-0.3, -0.25) is 4.79 Å². The van der Waals surface area contributed by atoms with Crippen LogP contribution in [0.2, 0.25) is 0 Å². The first-order valence-corrected chi connectivity index (χ1v) is 11.2. The third-order valence-corrected chi connectivity index (χ3v) is 5.44. The molecule has 0 spiro atoms. The Balaban J connectivity index is 1.53. The average Bonchev–Trinajstić information content (AvgIpc) is 3.28. The Kier molecular flexibility index (Phi) is 7.03. The maximum absolute atomic E-state index is 13.0. The van der Waals surface area contributed by atoms with E-state index in [9.17, 15) is 9.59 Å². The van der Waals surface area contributed by atoms with Crippen LogP contribution in [0.15, 0.2) is 91.0 Å². The molecule has 0 aliphatic carbocycles. The molecular formula is C27H27N5O2. The van der Waals surface area contributed by atoms with E-state index in [4.69, 9.17) is 5.10 Å². The summed E-state index contributed by atoms with van der Waals surface area (Å²) in [4.78, 5) is 27.2. The number of rotatable bonds is 7. The minimum absolute atomic E-state index is 0.0884. The topological polar surface area (TPSA) is 79.3 Å². The highest BCUT2D eigenvalue weighted by Gasteiger charge is 2.19. The molecule has 0 aliphatic heterocycles. The zero-order chi connectivity index (χ0) is 23.9. The van der Waals surface area contributed by atoms with Crippen molar-refractivity contribution in [3.63, 3.8) is 0 Å². The lowest BCUT2D eigenvalue weighted by Crippen LogP contribution is -2.40. The van der Waals surface area contributed by atoms with Gasteiger partial charge in [0.15, 0.2) is 0 Å². The van der Waals surface area contributed by atoms with Crippen LogP contribution in [-0.4, -0.2) is 39.7 Å². The van der Waals surface area contributed by atoms with Crippen LogP contribution in [0.4, 0.5) is 16.3 Å². The van der Waals surface area contributed by atoms with E-state index in [1.165, 1.54) is 4.90 Å². The molecule has 0 saturated carbocycles. The molecular weight excluding hydrogens is 426 g/mol. The van der Waals surface area contributed by atoms with Crippen molar-refractivity contribution in [3.05, 3.63) is 96.6 Å². The second-order valence-electron chi connectivity index (χ2n) is 7.84. The molecule has 0 radical (unpaired) electrons. The normalized spacial score (nSPS) is 10.5. The van der Waals surface area contributed by atoms with E-state index >= 15 is 0 Å². The number of likely N-dealkylation sites (N-methyl/N-ethyl adjacent to an activating group) is 1. The zero-order valence-corrected chi connectivity index (χ0v) is 19.2. The predicted octanol–water partition coefficient (Wildman–Crippen LogP) is 5.34. The van der Waals surface area contributed by atoms with Gasteiger partial charge in [-0.05, 0) is 37.6 Å². The number of para-hydroxylation sites is 2. The van der Waals surface area contributed by atoms with Crippen LogP contribution in [0, 0.1) is 6.92 Å². The molecule has 0 saturated heterocycles. The third kappa shape index (κ3) is 5.32. The number of aromatic nitrogens is 2. The highest BCUT2D eigenvalue weighted by atomic mass is 16.2. The Bertz CT molecular complexity index is 1270. The number of hydrogen-bond donors (Lipinski definition) is 2. The minimum Gasteiger partial charge on any atom is -0.315 e. The Hall–Kier alpha value is -4.39. The number of urea groups is 1. The summed E-state index contributed by atoms with van der Waals surface area (Å²) < 4.78 is 1.70. The van der Waals surface area contributed by atoms with E-state index in [2.05, 4.69) is 10.6 Å². The van der Waals surface area contributed by atoms with Crippen molar-refractivity contribution in [1.29, 1.82) is 0 Å². The first-order valence-electron chi connectivity index (χ1n) is 11.2. The molecule has 172 valence electrons. The molecule has 4 aromatic rings. The van der Waals surface area contributed by atoms with Crippen molar-refractivity contribution in [2.75, 3.05) is 23.7 Å². The predicted molar refractivity (Wildman–Crippen MR) is 135 cm³/mol. The van der Waals surface area contributed by atoms with Crippen molar-refractivity contribution in [2.24, 2.45) is 0 Å². The Morgan fingerprint density at radius 1 is 0.882 bits per heavy atom. The lowest BCUT2D eigenvalue weighted by molar-refractivity contribution is -0.116. The fraction of sp³-hybridized carbons (Fsp3) is 0.148. The Morgan fingerprint density at radius 3 is 2.21 bits per heavy atom. The fourth-order valence-electron chi connectivity index (χ4n) is 3.58. The minimum atomic E-state index is -0.325. The molecule has 4 rings (SSSR count). The molecule has 0 bridgehead atoms. The molecule has 1 aromatic heterocycles. The van der Waals surface area contributed by atoms with E-state index in [0.717, 1.165) is 28.2 Å². The summed E-state index contributed by atoms with van der Waals surface area (Å²) in [6.45, 7) is 4.06. The monoisotopic (exact) mass is 453 g/mol. The van der Waals surface area contributed by atoms with E-state index < -0.39 is 0 Å². The summed E-state index contributed by atoms with van der Waals surface area (Å²) in [7, 11) is 0. The second-order valence-corrected chi connectivity index (χ2v) is 7.84. The quantitative estimate of drug-likeness (QED) is 0.396. The van der Waals surface area contributed by atoms with Crippen LogP contribution >= 0.6 is 0 Å². The molecule has 34 heavy (non-hydrogen) atoms. The van der Waals surface area contributed by atoms with Gasteiger partial charge in [-0.25, -0.2) is 9.48 Å². The number of anilines is 2. The fourth-order valence-corrected chi connectivity index (χ4v) is 3.58. The lowest BCUT2D eigenvalue weighted by atomic mass is 10.1. The molecule has 2 N–H and O–H groups in total. The lowest BCUT2D eigenvalue weighted by Gasteiger charge is -2.21. The van der Waals surface area contributed by atoms with Crippen molar-refractivity contribution < 1.29 is 9.59 Å². The Labute approximate surface area is 199 Å². The molecule has 0 aliphatic rings. The van der Waals surface area contributed by atoms with E-state index in [1.807, 2.05) is 105 Å². The summed E-state index contributed by atoms with van der Waals surface area (Å²) in [5, 5.41) is 10.5. The standard InChI is InChI=1S/C27H27N5O2/c1-3-31(27(34)28-23-17-11-10-12-20(23)2)19-26(33)29-25-18-24(21-13-6-4-7-14-21)30-32(25)22-15-8-5-9-16-22/h4-18H,3,19H2,1-2H3,(H,28,34)(H,29,33). The van der Waals surface area contributed by atoms with Gasteiger partial charge in [-0.2, -0.15) is 5.10 Å². The highest BCUT2D eigenvalue weighted by Crippen LogP contribution is 2.24. The van der Waals surface area contributed by atoms with Gasteiger partial charge < -0.3 is 15.5 Å². The van der Waals surface area contributed by atoms with Crippen molar-refractivity contribution in [2.45, 2.75) is 13.8 Å². The highest BCUT2D eigenvalue weighted by molar-refractivity contribution is 5.97. The van der Waals surface area contributed by atoms with Gasteiger partial charge in [0.2, 0.25) is 5.91 Å². The smallest absolute Gasteiger partial charge is 0.315 e. The molecule has 3 aromatic carbocycles. The maximum Gasteiger partial charge on any atom is 0.322 e. The molecule has 7 nitrogen and oxygen atoms in total. The van der Waals surface area contributed by atoms with E-state index in [-0.39, 0.29) is 18.5 Å². The average molecular weight is 454 g/mol. The number of aryl methyl sites for hydroxylation is 1. The number of nitrogens with one attached hydrogen (secondary N) is 2. The number of nitrogens with zero attached hydrogens (tertiary/aromatic N) is 3. The molecule has 3 amide bonds. The second kappa shape index (κ2) is 10.5. The summed E-state index contributed by atoms with van der Waals surface area (Å²) in [5.74, 6) is 0.226. The number of benzene rings is 3. The van der Waals surface area contributed by atoms with Gasteiger partial charge in [0, 0.05) is 23.9 Å². The molecule has 0 atom stereocenters. The summed E-state index contributed by atoms with van der Waals surface area (Å²) in [5.41, 5.74) is 4.19. The number of hydrogen-bond acceptors (Lipinski definition) is 3. The summed E-state index contributed by atoms with van der Waals surface area (Å²) >= 11 is 0. The molecule has 0 fully saturated rings. The summed E-state index contributed by atoms with van der Waals surface area (Å²) in [6, 6.07) is 28.4. The number of carbonyl (C=O) groups excluding carboxylic acids is 2. The van der Waals surface area contributed by atoms with Crippen LogP contribution in [-0.2, 0) is 4.79 Å². The van der Waals surface area contributed by atoms with Crippen molar-refractivity contribution in [3.8, 4) is 16.9 Å². The van der Waals surface area contributed by atoms with Gasteiger partial charge in [-0.1, -0.05) is 66.7 Å². The van der Waals surface area contributed by atoms with Gasteiger partial charge >= 0.3 is 6.03 Å².